The van der Waals surface area contributed by atoms with Crippen molar-refractivity contribution in [3.8, 4) is 0 Å². The highest BCUT2D eigenvalue weighted by atomic mass is 16.2. The molecule has 1 rings (SSSR count). The lowest BCUT2D eigenvalue weighted by Crippen LogP contribution is -2.58. The zero-order valence-corrected chi connectivity index (χ0v) is 18.5. The summed E-state index contributed by atoms with van der Waals surface area (Å²) in [6, 6.07) is -2.25. The SMILES string of the molecule is C/C=C/C=C/C=C/C(=O)NC1CCCNC(=O)[C@H](C)N(C)C(=O)[C@H](C(C)C)NC1=O. The smallest absolute Gasteiger partial charge is 0.245 e. The first-order valence-corrected chi connectivity index (χ1v) is 10.3. The highest BCUT2D eigenvalue weighted by Crippen LogP contribution is 2.10. The van der Waals surface area contributed by atoms with E-state index in [1.807, 2.05) is 32.9 Å². The van der Waals surface area contributed by atoms with E-state index in [2.05, 4.69) is 16.0 Å². The van der Waals surface area contributed by atoms with Gasteiger partial charge in [0.15, 0.2) is 0 Å². The minimum atomic E-state index is -0.810. The lowest BCUT2D eigenvalue weighted by Gasteiger charge is -2.32. The van der Waals surface area contributed by atoms with Crippen LogP contribution in [0.25, 0.3) is 0 Å². The van der Waals surface area contributed by atoms with E-state index in [9.17, 15) is 19.2 Å². The van der Waals surface area contributed by atoms with Gasteiger partial charge in [0.25, 0.3) is 0 Å². The molecule has 1 saturated heterocycles. The lowest BCUT2D eigenvalue weighted by molar-refractivity contribution is -0.142. The van der Waals surface area contributed by atoms with Gasteiger partial charge >= 0.3 is 0 Å². The second-order valence-electron chi connectivity index (χ2n) is 7.62. The molecule has 4 amide bonds. The maximum atomic E-state index is 12.9. The molecule has 3 atom stereocenters. The summed E-state index contributed by atoms with van der Waals surface area (Å²) in [5.74, 6) is -1.61. The largest absolute Gasteiger partial charge is 0.354 e. The Morgan fingerprint density at radius 3 is 2.43 bits per heavy atom. The molecule has 1 aliphatic rings. The highest BCUT2D eigenvalue weighted by Gasteiger charge is 2.33. The third kappa shape index (κ3) is 7.85. The predicted octanol–water partition coefficient (Wildman–Crippen LogP) is 1.06. The molecule has 0 aromatic carbocycles. The van der Waals surface area contributed by atoms with Crippen LogP contribution in [0.5, 0.6) is 0 Å². The van der Waals surface area contributed by atoms with Gasteiger partial charge in [0, 0.05) is 19.7 Å². The van der Waals surface area contributed by atoms with Crippen LogP contribution in [-0.4, -0.2) is 60.2 Å². The monoisotopic (exact) mass is 418 g/mol. The van der Waals surface area contributed by atoms with E-state index < -0.39 is 29.9 Å². The predicted molar refractivity (Wildman–Crippen MR) is 116 cm³/mol. The summed E-state index contributed by atoms with van der Waals surface area (Å²) in [5, 5.41) is 8.24. The topological polar surface area (TPSA) is 108 Å². The molecule has 0 aromatic rings. The van der Waals surface area contributed by atoms with Gasteiger partial charge in [0.2, 0.25) is 23.6 Å². The molecular weight excluding hydrogens is 384 g/mol. The summed E-state index contributed by atoms with van der Waals surface area (Å²) in [7, 11) is 1.55. The number of likely N-dealkylation sites (N-methyl/N-ethyl adjacent to an activating group) is 1. The summed E-state index contributed by atoms with van der Waals surface area (Å²) in [4.78, 5) is 51.6. The highest BCUT2D eigenvalue weighted by molar-refractivity contribution is 5.96. The fourth-order valence-electron chi connectivity index (χ4n) is 2.89. The fourth-order valence-corrected chi connectivity index (χ4v) is 2.89. The molecule has 8 heteroatoms. The van der Waals surface area contributed by atoms with E-state index in [1.54, 1.807) is 32.2 Å². The first kappa shape index (κ1) is 25.1. The summed E-state index contributed by atoms with van der Waals surface area (Å²) < 4.78 is 0. The van der Waals surface area contributed by atoms with E-state index in [0.717, 1.165) is 0 Å². The maximum Gasteiger partial charge on any atom is 0.245 e. The van der Waals surface area contributed by atoms with Crippen molar-refractivity contribution in [3.63, 3.8) is 0 Å². The first-order valence-electron chi connectivity index (χ1n) is 10.3. The number of hydrogen-bond donors (Lipinski definition) is 3. The number of carbonyl (C=O) groups excluding carboxylic acids is 4. The second-order valence-corrected chi connectivity index (χ2v) is 7.62. The van der Waals surface area contributed by atoms with Crippen molar-refractivity contribution >= 4 is 23.6 Å². The number of nitrogens with one attached hydrogen (secondary N) is 3. The first-order chi connectivity index (χ1) is 14.2. The lowest BCUT2D eigenvalue weighted by atomic mass is 10.0. The van der Waals surface area contributed by atoms with Crippen molar-refractivity contribution in [2.45, 2.75) is 58.7 Å². The van der Waals surface area contributed by atoms with Gasteiger partial charge in [0.05, 0.1) is 0 Å². The quantitative estimate of drug-likeness (QED) is 0.458. The molecule has 0 bridgehead atoms. The fraction of sp³-hybridized carbons (Fsp3) is 0.545. The van der Waals surface area contributed by atoms with E-state index in [-0.39, 0.29) is 17.7 Å². The van der Waals surface area contributed by atoms with Crippen molar-refractivity contribution in [2.24, 2.45) is 5.92 Å². The van der Waals surface area contributed by atoms with Gasteiger partial charge in [-0.05, 0) is 32.6 Å². The number of hydrogen-bond acceptors (Lipinski definition) is 4. The molecule has 3 N–H and O–H groups in total. The van der Waals surface area contributed by atoms with Crippen LogP contribution in [0.4, 0.5) is 0 Å². The van der Waals surface area contributed by atoms with Gasteiger partial charge in [-0.1, -0.05) is 44.2 Å². The third-order valence-corrected chi connectivity index (χ3v) is 4.91. The molecule has 0 aliphatic carbocycles. The van der Waals surface area contributed by atoms with Gasteiger partial charge in [0.1, 0.15) is 18.1 Å². The summed E-state index contributed by atoms with van der Waals surface area (Å²) in [6.45, 7) is 7.53. The van der Waals surface area contributed by atoms with Gasteiger partial charge in [-0.25, -0.2) is 0 Å². The second kappa shape index (κ2) is 12.6. The Balaban J connectivity index is 2.99. The van der Waals surface area contributed by atoms with E-state index in [1.165, 1.54) is 11.0 Å². The summed E-state index contributed by atoms with van der Waals surface area (Å²) in [6.07, 6.45) is 11.0. The molecule has 0 radical (unpaired) electrons. The third-order valence-electron chi connectivity index (χ3n) is 4.91. The van der Waals surface area contributed by atoms with Crippen LogP contribution in [0, 0.1) is 5.92 Å². The van der Waals surface area contributed by atoms with Crippen molar-refractivity contribution < 1.29 is 19.2 Å². The Morgan fingerprint density at radius 2 is 1.80 bits per heavy atom. The molecule has 0 spiro atoms. The Kier molecular flexibility index (Phi) is 10.6. The van der Waals surface area contributed by atoms with Crippen LogP contribution in [0.1, 0.15) is 40.5 Å². The van der Waals surface area contributed by atoms with Crippen molar-refractivity contribution in [1.29, 1.82) is 0 Å². The minimum absolute atomic E-state index is 0.185. The van der Waals surface area contributed by atoms with Gasteiger partial charge in [-0.3, -0.25) is 19.2 Å². The Hall–Kier alpha value is -2.90. The van der Waals surface area contributed by atoms with Crippen LogP contribution >= 0.6 is 0 Å². The zero-order valence-electron chi connectivity index (χ0n) is 18.5. The molecule has 1 aliphatic heterocycles. The molecule has 8 nitrogen and oxygen atoms in total. The Labute approximate surface area is 178 Å². The zero-order chi connectivity index (χ0) is 22.7. The maximum absolute atomic E-state index is 12.9. The number of carbonyl (C=O) groups is 4. The van der Waals surface area contributed by atoms with Crippen molar-refractivity contribution in [3.05, 3.63) is 36.5 Å². The van der Waals surface area contributed by atoms with Crippen LogP contribution in [-0.2, 0) is 19.2 Å². The Morgan fingerprint density at radius 1 is 1.13 bits per heavy atom. The van der Waals surface area contributed by atoms with Crippen LogP contribution in [0.2, 0.25) is 0 Å². The number of amides is 4. The Bertz CT molecular complexity index is 712. The van der Waals surface area contributed by atoms with Gasteiger partial charge in [-0.15, -0.1) is 0 Å². The summed E-state index contributed by atoms with van der Waals surface area (Å²) in [5.41, 5.74) is 0. The molecule has 1 heterocycles. The average Bonchev–Trinajstić information content (AvgIpc) is 2.71. The van der Waals surface area contributed by atoms with E-state index in [4.69, 9.17) is 0 Å². The molecule has 30 heavy (non-hydrogen) atoms. The van der Waals surface area contributed by atoms with Crippen LogP contribution in [0.3, 0.4) is 0 Å². The summed E-state index contributed by atoms with van der Waals surface area (Å²) >= 11 is 0. The molecule has 166 valence electrons. The van der Waals surface area contributed by atoms with E-state index in [0.29, 0.717) is 19.4 Å². The number of nitrogens with zero attached hydrogens (tertiary/aromatic N) is 1. The molecule has 0 saturated carbocycles. The molecule has 0 aromatic heterocycles. The average molecular weight is 419 g/mol. The van der Waals surface area contributed by atoms with Gasteiger partial charge in [-0.2, -0.15) is 0 Å². The van der Waals surface area contributed by atoms with Crippen molar-refractivity contribution in [1.82, 2.24) is 20.9 Å². The van der Waals surface area contributed by atoms with Gasteiger partial charge < -0.3 is 20.9 Å². The normalized spacial score (nSPS) is 24.8. The van der Waals surface area contributed by atoms with Crippen LogP contribution in [0.15, 0.2) is 36.5 Å². The standard InChI is InChI=1S/C22H34N4O4/c1-6-7-8-9-10-13-18(27)24-17-12-11-14-23-20(28)16(4)26(5)22(30)19(15(2)3)25-21(17)29/h6-10,13,15-17,19H,11-12,14H2,1-5H3,(H,23,28)(H,24,27)(H,25,29)/b7-6+,9-8+,13-10+/t16-,17?,19-/m0/s1. The number of rotatable bonds is 5. The van der Waals surface area contributed by atoms with Crippen LogP contribution < -0.4 is 16.0 Å². The minimum Gasteiger partial charge on any atom is -0.354 e. The molecular formula is C22H34N4O4. The van der Waals surface area contributed by atoms with Crippen molar-refractivity contribution in [2.75, 3.05) is 13.6 Å². The molecule has 1 unspecified atom stereocenters. The van der Waals surface area contributed by atoms with E-state index >= 15 is 0 Å². The molecule has 1 fully saturated rings. The number of allylic oxidation sites excluding steroid dienone is 5.